The van der Waals surface area contributed by atoms with Crippen LogP contribution in [-0.2, 0) is 6.42 Å². The molecule has 5 nitrogen and oxygen atoms in total. The van der Waals surface area contributed by atoms with Crippen LogP contribution in [0.1, 0.15) is 17.8 Å². The lowest BCUT2D eigenvalue weighted by atomic mass is 10.1. The SMILES string of the molecule is C#CCCc1noc(-c2cc(C)cc3cn[nH]c23)n1. The van der Waals surface area contributed by atoms with Crippen molar-refractivity contribution in [3.63, 3.8) is 0 Å². The Morgan fingerprint density at radius 2 is 2.32 bits per heavy atom. The quantitative estimate of drug-likeness (QED) is 0.727. The molecule has 0 amide bonds. The van der Waals surface area contributed by atoms with Gasteiger partial charge in [-0.15, -0.1) is 12.3 Å². The number of benzene rings is 1. The summed E-state index contributed by atoms with van der Waals surface area (Å²) in [4.78, 5) is 4.37. The first kappa shape index (κ1) is 11.5. The van der Waals surface area contributed by atoms with Crippen molar-refractivity contribution in [1.29, 1.82) is 0 Å². The van der Waals surface area contributed by atoms with Gasteiger partial charge in [-0.05, 0) is 24.6 Å². The van der Waals surface area contributed by atoms with Crippen LogP contribution < -0.4 is 0 Å². The van der Waals surface area contributed by atoms with Gasteiger partial charge in [0.2, 0.25) is 0 Å². The molecule has 0 aliphatic rings. The van der Waals surface area contributed by atoms with Gasteiger partial charge >= 0.3 is 0 Å². The maximum absolute atomic E-state index is 5.30. The van der Waals surface area contributed by atoms with Gasteiger partial charge in [0.25, 0.3) is 5.89 Å². The normalized spacial score (nSPS) is 10.7. The number of nitrogens with one attached hydrogen (secondary N) is 1. The smallest absolute Gasteiger partial charge is 0.260 e. The van der Waals surface area contributed by atoms with Crippen molar-refractivity contribution in [3.05, 3.63) is 29.7 Å². The highest BCUT2D eigenvalue weighted by atomic mass is 16.5. The molecular weight excluding hydrogens is 240 g/mol. The lowest BCUT2D eigenvalue weighted by Gasteiger charge is -1.99. The Morgan fingerprint density at radius 1 is 1.42 bits per heavy atom. The zero-order chi connectivity index (χ0) is 13.2. The fourth-order valence-electron chi connectivity index (χ4n) is 2.02. The van der Waals surface area contributed by atoms with Crippen LogP contribution in [0.15, 0.2) is 22.9 Å². The van der Waals surface area contributed by atoms with Crippen molar-refractivity contribution >= 4 is 10.9 Å². The molecule has 2 aromatic heterocycles. The van der Waals surface area contributed by atoms with Crippen LogP contribution in [0.5, 0.6) is 0 Å². The summed E-state index contributed by atoms with van der Waals surface area (Å²) in [6.45, 7) is 2.02. The van der Waals surface area contributed by atoms with E-state index < -0.39 is 0 Å². The lowest BCUT2D eigenvalue weighted by Crippen LogP contribution is -1.87. The summed E-state index contributed by atoms with van der Waals surface area (Å²) in [6.07, 6.45) is 8.23. The third kappa shape index (κ3) is 2.08. The van der Waals surface area contributed by atoms with E-state index in [-0.39, 0.29) is 0 Å². The molecule has 1 aromatic carbocycles. The van der Waals surface area contributed by atoms with Gasteiger partial charge in [-0.3, -0.25) is 5.10 Å². The average molecular weight is 252 g/mol. The van der Waals surface area contributed by atoms with Crippen LogP contribution in [0.25, 0.3) is 22.4 Å². The van der Waals surface area contributed by atoms with Gasteiger partial charge in [-0.2, -0.15) is 10.1 Å². The molecule has 94 valence electrons. The van der Waals surface area contributed by atoms with E-state index in [1.165, 1.54) is 0 Å². The highest BCUT2D eigenvalue weighted by Crippen LogP contribution is 2.27. The number of aromatic amines is 1. The summed E-state index contributed by atoms with van der Waals surface area (Å²) >= 11 is 0. The van der Waals surface area contributed by atoms with E-state index in [0.717, 1.165) is 22.0 Å². The number of rotatable bonds is 3. The Morgan fingerprint density at radius 3 is 3.16 bits per heavy atom. The molecule has 2 heterocycles. The Hall–Kier alpha value is -2.61. The Balaban J connectivity index is 2.06. The number of aryl methyl sites for hydroxylation is 2. The minimum atomic E-state index is 0.491. The van der Waals surface area contributed by atoms with Crippen molar-refractivity contribution in [2.24, 2.45) is 0 Å². The third-order valence-corrected chi connectivity index (χ3v) is 2.88. The van der Waals surface area contributed by atoms with Crippen molar-refractivity contribution in [3.8, 4) is 23.8 Å². The topological polar surface area (TPSA) is 67.6 Å². The van der Waals surface area contributed by atoms with Crippen molar-refractivity contribution in [2.45, 2.75) is 19.8 Å². The van der Waals surface area contributed by atoms with Crippen molar-refractivity contribution in [1.82, 2.24) is 20.3 Å². The third-order valence-electron chi connectivity index (χ3n) is 2.88. The molecule has 3 rings (SSSR count). The second kappa shape index (κ2) is 4.58. The molecule has 0 unspecified atom stereocenters. The number of hydrogen-bond acceptors (Lipinski definition) is 4. The van der Waals surface area contributed by atoms with E-state index >= 15 is 0 Å². The first-order valence-electron chi connectivity index (χ1n) is 5.98. The number of aromatic nitrogens is 4. The maximum atomic E-state index is 5.30. The van der Waals surface area contributed by atoms with Gasteiger partial charge < -0.3 is 4.52 Å². The van der Waals surface area contributed by atoms with E-state index in [4.69, 9.17) is 10.9 Å². The van der Waals surface area contributed by atoms with Gasteiger partial charge in [0.15, 0.2) is 5.82 Å². The summed E-state index contributed by atoms with van der Waals surface area (Å²) in [5.41, 5.74) is 2.89. The fourth-order valence-corrected chi connectivity index (χ4v) is 2.02. The highest BCUT2D eigenvalue weighted by molar-refractivity contribution is 5.91. The average Bonchev–Trinajstić information content (AvgIpc) is 3.03. The maximum Gasteiger partial charge on any atom is 0.260 e. The molecule has 0 fully saturated rings. The monoisotopic (exact) mass is 252 g/mol. The molecule has 5 heteroatoms. The van der Waals surface area contributed by atoms with Crippen LogP contribution in [0.3, 0.4) is 0 Å². The molecule has 0 spiro atoms. The van der Waals surface area contributed by atoms with Gasteiger partial charge in [0.1, 0.15) is 0 Å². The van der Waals surface area contributed by atoms with Crippen LogP contribution in [0.4, 0.5) is 0 Å². The number of H-pyrrole nitrogens is 1. The van der Waals surface area contributed by atoms with E-state index in [1.807, 2.05) is 13.0 Å². The lowest BCUT2D eigenvalue weighted by molar-refractivity contribution is 0.423. The molecule has 1 N–H and O–H groups in total. The van der Waals surface area contributed by atoms with Crippen LogP contribution >= 0.6 is 0 Å². The molecule has 0 saturated carbocycles. The standard InChI is InChI=1S/C14H12N4O/c1-3-4-5-12-16-14(19-18-12)11-7-9(2)6-10-8-15-17-13(10)11/h1,6-8H,4-5H2,2H3,(H,15,17). The summed E-state index contributed by atoms with van der Waals surface area (Å²) in [5.74, 6) is 3.68. The minimum Gasteiger partial charge on any atom is -0.334 e. The fraction of sp³-hybridized carbons (Fsp3) is 0.214. The highest BCUT2D eigenvalue weighted by Gasteiger charge is 2.13. The molecule has 0 saturated heterocycles. The molecule has 0 atom stereocenters. The van der Waals surface area contributed by atoms with E-state index in [2.05, 4.69) is 32.3 Å². The number of fused-ring (bicyclic) bond motifs is 1. The largest absolute Gasteiger partial charge is 0.334 e. The minimum absolute atomic E-state index is 0.491. The first-order chi connectivity index (χ1) is 9.28. The summed E-state index contributed by atoms with van der Waals surface area (Å²) in [6, 6.07) is 4.05. The molecule has 0 aliphatic carbocycles. The van der Waals surface area contributed by atoms with Crippen molar-refractivity contribution < 1.29 is 4.52 Å². The summed E-state index contributed by atoms with van der Waals surface area (Å²) in [7, 11) is 0. The van der Waals surface area contributed by atoms with E-state index in [9.17, 15) is 0 Å². The predicted molar refractivity (Wildman–Crippen MR) is 71.3 cm³/mol. The van der Waals surface area contributed by atoms with E-state index in [0.29, 0.717) is 24.6 Å². The molecule has 0 radical (unpaired) electrons. The second-order valence-electron chi connectivity index (χ2n) is 4.37. The summed E-state index contributed by atoms with van der Waals surface area (Å²) in [5, 5.41) is 12.0. The van der Waals surface area contributed by atoms with E-state index in [1.54, 1.807) is 6.20 Å². The second-order valence-corrected chi connectivity index (χ2v) is 4.37. The molecule has 3 aromatic rings. The predicted octanol–water partition coefficient (Wildman–Crippen LogP) is 2.49. The Labute approximate surface area is 110 Å². The zero-order valence-corrected chi connectivity index (χ0v) is 10.5. The molecule has 0 aliphatic heterocycles. The van der Waals surface area contributed by atoms with Gasteiger partial charge in [0, 0.05) is 18.2 Å². The summed E-state index contributed by atoms with van der Waals surface area (Å²) < 4.78 is 5.30. The van der Waals surface area contributed by atoms with Crippen LogP contribution in [0, 0.1) is 19.3 Å². The number of hydrogen-bond donors (Lipinski definition) is 1. The van der Waals surface area contributed by atoms with Crippen LogP contribution in [0.2, 0.25) is 0 Å². The molecule has 0 bridgehead atoms. The van der Waals surface area contributed by atoms with Gasteiger partial charge in [-0.25, -0.2) is 0 Å². The molecular formula is C14H12N4O. The Kier molecular flexibility index (Phi) is 2.76. The Bertz CT molecular complexity index is 763. The molecule has 19 heavy (non-hydrogen) atoms. The van der Waals surface area contributed by atoms with Gasteiger partial charge in [-0.1, -0.05) is 5.16 Å². The van der Waals surface area contributed by atoms with Crippen molar-refractivity contribution in [2.75, 3.05) is 0 Å². The zero-order valence-electron chi connectivity index (χ0n) is 10.5. The van der Waals surface area contributed by atoms with Crippen LogP contribution in [-0.4, -0.2) is 20.3 Å². The first-order valence-corrected chi connectivity index (χ1v) is 5.98. The number of nitrogens with zero attached hydrogens (tertiary/aromatic N) is 3. The van der Waals surface area contributed by atoms with Gasteiger partial charge in [0.05, 0.1) is 17.3 Å². The number of terminal acetylenes is 1.